The van der Waals surface area contributed by atoms with Crippen LogP contribution in [0.4, 0.5) is 5.82 Å². The second-order valence-electron chi connectivity index (χ2n) is 6.70. The molecule has 0 spiro atoms. The van der Waals surface area contributed by atoms with Crippen molar-refractivity contribution in [1.82, 2.24) is 14.9 Å². The van der Waals surface area contributed by atoms with Crippen LogP contribution in [0.2, 0.25) is 5.02 Å². The lowest BCUT2D eigenvalue weighted by molar-refractivity contribution is -0.131. The molecule has 1 amide bonds. The van der Waals surface area contributed by atoms with Gasteiger partial charge < -0.3 is 14.5 Å². The summed E-state index contributed by atoms with van der Waals surface area (Å²) < 4.78 is 5.85. The van der Waals surface area contributed by atoms with Gasteiger partial charge in [0.05, 0.1) is 0 Å². The first-order valence-corrected chi connectivity index (χ1v) is 9.73. The first kappa shape index (κ1) is 19.4. The zero-order valence-electron chi connectivity index (χ0n) is 15.8. The van der Waals surface area contributed by atoms with Gasteiger partial charge in [0.2, 0.25) is 11.8 Å². The fourth-order valence-electron chi connectivity index (χ4n) is 3.03. The largest absolute Gasteiger partial charge is 0.439 e. The molecule has 0 aliphatic carbocycles. The topological polar surface area (TPSA) is 58.6 Å². The van der Waals surface area contributed by atoms with Gasteiger partial charge in [0.1, 0.15) is 17.9 Å². The van der Waals surface area contributed by atoms with Gasteiger partial charge in [0.15, 0.2) is 0 Å². The summed E-state index contributed by atoms with van der Waals surface area (Å²) in [5.74, 6) is 2.24. The number of benzene rings is 1. The molecule has 1 aromatic carbocycles. The van der Waals surface area contributed by atoms with Gasteiger partial charge in [0, 0.05) is 43.7 Å². The van der Waals surface area contributed by atoms with Crippen LogP contribution in [0.3, 0.4) is 0 Å². The summed E-state index contributed by atoms with van der Waals surface area (Å²) in [4.78, 5) is 24.8. The summed E-state index contributed by atoms with van der Waals surface area (Å²) in [7, 11) is 0. The van der Waals surface area contributed by atoms with Gasteiger partial charge in [-0.05, 0) is 37.1 Å². The Morgan fingerprint density at radius 1 is 1.19 bits per heavy atom. The maximum Gasteiger partial charge on any atom is 0.224 e. The number of amides is 1. The van der Waals surface area contributed by atoms with Crippen molar-refractivity contribution >= 4 is 23.3 Å². The number of carbonyl (C=O) groups excluding carboxylic acids is 1. The molecule has 3 rings (SSSR count). The number of nitrogens with zero attached hydrogens (tertiary/aromatic N) is 4. The van der Waals surface area contributed by atoms with E-state index in [1.54, 1.807) is 0 Å². The number of halogens is 1. The molecule has 0 saturated carbocycles. The minimum atomic E-state index is 0.251. The van der Waals surface area contributed by atoms with E-state index in [2.05, 4.69) is 21.8 Å². The Hall–Kier alpha value is -2.34. The van der Waals surface area contributed by atoms with E-state index in [0.717, 1.165) is 50.4 Å². The standard InChI is InChI=1S/C20H25ClN4O2/c1-3-4-5-20(26)25-10-8-24(9-11-25)18-13-19(23-14-22-18)27-16-6-7-17(21)15(2)12-16/h6-7,12-14H,3-5,8-11H2,1-2H3. The number of aryl methyl sites for hydroxylation is 1. The molecule has 1 aliphatic heterocycles. The Morgan fingerprint density at radius 3 is 2.67 bits per heavy atom. The summed E-state index contributed by atoms with van der Waals surface area (Å²) in [5.41, 5.74) is 0.951. The second-order valence-corrected chi connectivity index (χ2v) is 7.11. The molecule has 6 nitrogen and oxygen atoms in total. The van der Waals surface area contributed by atoms with Crippen molar-refractivity contribution in [3.63, 3.8) is 0 Å². The van der Waals surface area contributed by atoms with E-state index in [4.69, 9.17) is 16.3 Å². The molecule has 1 saturated heterocycles. The Morgan fingerprint density at radius 2 is 1.96 bits per heavy atom. The molecule has 2 heterocycles. The highest BCUT2D eigenvalue weighted by atomic mass is 35.5. The number of rotatable bonds is 6. The maximum atomic E-state index is 12.2. The predicted octanol–water partition coefficient (Wildman–Crippen LogP) is 4.07. The first-order chi connectivity index (χ1) is 13.1. The van der Waals surface area contributed by atoms with Crippen molar-refractivity contribution in [3.05, 3.63) is 41.2 Å². The predicted molar refractivity (Wildman–Crippen MR) is 107 cm³/mol. The van der Waals surface area contributed by atoms with Crippen molar-refractivity contribution in [1.29, 1.82) is 0 Å². The molecule has 27 heavy (non-hydrogen) atoms. The van der Waals surface area contributed by atoms with Gasteiger partial charge in [-0.15, -0.1) is 0 Å². The third-order valence-corrected chi connectivity index (χ3v) is 5.10. The van der Waals surface area contributed by atoms with E-state index in [9.17, 15) is 4.79 Å². The highest BCUT2D eigenvalue weighted by Gasteiger charge is 2.21. The number of ether oxygens (including phenoxy) is 1. The minimum absolute atomic E-state index is 0.251. The lowest BCUT2D eigenvalue weighted by atomic mass is 10.2. The van der Waals surface area contributed by atoms with Gasteiger partial charge >= 0.3 is 0 Å². The Balaban J connectivity index is 1.61. The monoisotopic (exact) mass is 388 g/mol. The molecule has 1 fully saturated rings. The number of aromatic nitrogens is 2. The van der Waals surface area contributed by atoms with Crippen LogP contribution in [0, 0.1) is 6.92 Å². The molecule has 1 aromatic heterocycles. The molecule has 0 bridgehead atoms. The molecule has 0 radical (unpaired) electrons. The molecule has 0 N–H and O–H groups in total. The minimum Gasteiger partial charge on any atom is -0.439 e. The van der Waals surface area contributed by atoms with Crippen molar-refractivity contribution in [2.45, 2.75) is 33.1 Å². The first-order valence-electron chi connectivity index (χ1n) is 9.35. The van der Waals surface area contributed by atoms with E-state index in [0.29, 0.717) is 23.1 Å². The molecule has 0 unspecified atom stereocenters. The summed E-state index contributed by atoms with van der Waals surface area (Å²) in [6, 6.07) is 7.34. The Labute approximate surface area is 165 Å². The van der Waals surface area contributed by atoms with Crippen molar-refractivity contribution < 1.29 is 9.53 Å². The Kier molecular flexibility index (Phi) is 6.50. The van der Waals surface area contributed by atoms with E-state index in [-0.39, 0.29) is 5.91 Å². The van der Waals surface area contributed by atoms with Gasteiger partial charge in [0.25, 0.3) is 0 Å². The van der Waals surface area contributed by atoms with Crippen LogP contribution >= 0.6 is 11.6 Å². The number of piperazine rings is 1. The fraction of sp³-hybridized carbons (Fsp3) is 0.450. The average Bonchev–Trinajstić information content (AvgIpc) is 2.69. The molecular weight excluding hydrogens is 364 g/mol. The maximum absolute atomic E-state index is 12.2. The Bertz CT molecular complexity index is 791. The highest BCUT2D eigenvalue weighted by Crippen LogP contribution is 2.26. The lowest BCUT2D eigenvalue weighted by Gasteiger charge is -2.35. The average molecular weight is 389 g/mol. The molecule has 144 valence electrons. The summed E-state index contributed by atoms with van der Waals surface area (Å²) in [6.07, 6.45) is 4.15. The molecule has 7 heteroatoms. The number of unbranched alkanes of at least 4 members (excludes halogenated alkanes) is 1. The van der Waals surface area contributed by atoms with Crippen molar-refractivity contribution in [2.24, 2.45) is 0 Å². The molecule has 1 aliphatic rings. The van der Waals surface area contributed by atoms with E-state index in [1.807, 2.05) is 36.1 Å². The van der Waals surface area contributed by atoms with Crippen molar-refractivity contribution in [3.8, 4) is 11.6 Å². The van der Waals surface area contributed by atoms with Gasteiger partial charge in [-0.1, -0.05) is 24.9 Å². The van der Waals surface area contributed by atoms with E-state index >= 15 is 0 Å². The zero-order chi connectivity index (χ0) is 19.2. The normalized spacial score (nSPS) is 14.3. The van der Waals surface area contributed by atoms with Crippen LogP contribution in [-0.4, -0.2) is 47.0 Å². The van der Waals surface area contributed by atoms with Crippen LogP contribution < -0.4 is 9.64 Å². The fourth-order valence-corrected chi connectivity index (χ4v) is 3.15. The van der Waals surface area contributed by atoms with Crippen molar-refractivity contribution in [2.75, 3.05) is 31.1 Å². The van der Waals surface area contributed by atoms with Crippen LogP contribution in [0.5, 0.6) is 11.6 Å². The summed E-state index contributed by atoms with van der Waals surface area (Å²) in [5, 5.41) is 0.706. The van der Waals surface area contributed by atoms with Gasteiger partial charge in [-0.3, -0.25) is 4.79 Å². The molecular formula is C20H25ClN4O2. The number of anilines is 1. The number of hydrogen-bond donors (Lipinski definition) is 0. The zero-order valence-corrected chi connectivity index (χ0v) is 16.6. The van der Waals surface area contributed by atoms with Crippen LogP contribution in [0.15, 0.2) is 30.6 Å². The number of carbonyl (C=O) groups is 1. The summed E-state index contributed by atoms with van der Waals surface area (Å²) in [6.45, 7) is 6.99. The lowest BCUT2D eigenvalue weighted by Crippen LogP contribution is -2.49. The van der Waals surface area contributed by atoms with Crippen LogP contribution in [-0.2, 0) is 4.79 Å². The number of hydrogen-bond acceptors (Lipinski definition) is 5. The third kappa shape index (κ3) is 5.10. The second kappa shape index (κ2) is 9.04. The van der Waals surface area contributed by atoms with E-state index < -0.39 is 0 Å². The van der Waals surface area contributed by atoms with E-state index in [1.165, 1.54) is 6.33 Å². The van der Waals surface area contributed by atoms with Crippen LogP contribution in [0.1, 0.15) is 31.7 Å². The molecule has 2 aromatic rings. The van der Waals surface area contributed by atoms with Gasteiger partial charge in [-0.2, -0.15) is 0 Å². The van der Waals surface area contributed by atoms with Crippen LogP contribution in [0.25, 0.3) is 0 Å². The smallest absolute Gasteiger partial charge is 0.224 e. The van der Waals surface area contributed by atoms with Gasteiger partial charge in [-0.25, -0.2) is 9.97 Å². The molecule has 0 atom stereocenters. The quantitative estimate of drug-likeness (QED) is 0.746. The summed E-state index contributed by atoms with van der Waals surface area (Å²) >= 11 is 6.06. The SMILES string of the molecule is CCCCC(=O)N1CCN(c2cc(Oc3ccc(Cl)c(C)c3)ncn2)CC1. The highest BCUT2D eigenvalue weighted by molar-refractivity contribution is 6.31. The third-order valence-electron chi connectivity index (χ3n) is 4.68.